The number of aromatic nitrogens is 3. The lowest BCUT2D eigenvalue weighted by molar-refractivity contribution is -0.117. The molecule has 3 aromatic rings. The Morgan fingerprint density at radius 2 is 2.20 bits per heavy atom. The van der Waals surface area contributed by atoms with Crippen LogP contribution in [0.5, 0.6) is 5.75 Å². The van der Waals surface area contributed by atoms with Gasteiger partial charge >= 0.3 is 0 Å². The number of hydrogen-bond donors (Lipinski definition) is 2. The Bertz CT molecular complexity index is 1140. The number of benzene rings is 1. The molecule has 0 saturated carbocycles. The predicted molar refractivity (Wildman–Crippen MR) is 113 cm³/mol. The van der Waals surface area contributed by atoms with E-state index in [1.54, 1.807) is 25.3 Å². The predicted octanol–water partition coefficient (Wildman–Crippen LogP) is 3.06. The summed E-state index contributed by atoms with van der Waals surface area (Å²) in [5, 5.41) is 5.78. The summed E-state index contributed by atoms with van der Waals surface area (Å²) in [4.78, 5) is 26.6. The maximum absolute atomic E-state index is 14.3. The molecule has 4 rings (SSSR count). The Morgan fingerprint density at radius 1 is 1.40 bits per heavy atom. The van der Waals surface area contributed by atoms with Crippen LogP contribution in [0, 0.1) is 5.82 Å². The number of halogens is 2. The maximum atomic E-state index is 14.3. The van der Waals surface area contributed by atoms with E-state index in [4.69, 9.17) is 16.3 Å². The highest BCUT2D eigenvalue weighted by Crippen LogP contribution is 2.34. The monoisotopic (exact) mass is 428 g/mol. The van der Waals surface area contributed by atoms with Crippen LogP contribution in [0.3, 0.4) is 0 Å². The Morgan fingerprint density at radius 3 is 2.93 bits per heavy atom. The number of carbonyl (C=O) groups is 1. The second kappa shape index (κ2) is 8.11. The lowest BCUT2D eigenvalue weighted by atomic mass is 10.1. The first kappa shape index (κ1) is 19.8. The molecular formula is C20H18ClFN6O2. The van der Waals surface area contributed by atoms with Gasteiger partial charge in [0.25, 0.3) is 0 Å². The molecule has 30 heavy (non-hydrogen) atoms. The van der Waals surface area contributed by atoms with Crippen LogP contribution in [0.1, 0.15) is 0 Å². The molecule has 0 bridgehead atoms. The van der Waals surface area contributed by atoms with Crippen molar-refractivity contribution in [2.24, 2.45) is 0 Å². The van der Waals surface area contributed by atoms with Crippen molar-refractivity contribution in [2.45, 2.75) is 6.04 Å². The van der Waals surface area contributed by atoms with Crippen LogP contribution in [-0.4, -0.2) is 47.1 Å². The molecule has 10 heteroatoms. The molecule has 154 valence electrons. The number of nitrogens with zero attached hydrogens (tertiary/aromatic N) is 4. The van der Waals surface area contributed by atoms with Gasteiger partial charge < -0.3 is 20.3 Å². The molecule has 1 aliphatic rings. The third-order valence-electron chi connectivity index (χ3n) is 4.69. The number of rotatable bonds is 6. The molecule has 2 aromatic heterocycles. The van der Waals surface area contributed by atoms with Crippen molar-refractivity contribution in [1.29, 1.82) is 0 Å². The summed E-state index contributed by atoms with van der Waals surface area (Å²) in [5.74, 6) is 0.653. The van der Waals surface area contributed by atoms with Gasteiger partial charge in [0.05, 0.1) is 29.4 Å². The first-order valence-corrected chi connectivity index (χ1v) is 9.46. The Hall–Kier alpha value is -3.46. The molecule has 1 saturated heterocycles. The fourth-order valence-electron chi connectivity index (χ4n) is 3.16. The summed E-state index contributed by atoms with van der Waals surface area (Å²) < 4.78 is 19.8. The van der Waals surface area contributed by atoms with Crippen LogP contribution in [0.25, 0.3) is 11.0 Å². The zero-order valence-electron chi connectivity index (χ0n) is 16.0. The molecule has 8 nitrogen and oxygen atoms in total. The summed E-state index contributed by atoms with van der Waals surface area (Å²) in [7, 11) is 1.55. The van der Waals surface area contributed by atoms with E-state index >= 15 is 0 Å². The summed E-state index contributed by atoms with van der Waals surface area (Å²) in [6.45, 7) is 4.58. The van der Waals surface area contributed by atoms with Crippen molar-refractivity contribution in [3.8, 4) is 5.75 Å². The number of hydrogen-bond acceptors (Lipinski definition) is 7. The van der Waals surface area contributed by atoms with E-state index < -0.39 is 5.82 Å². The highest BCUT2D eigenvalue weighted by molar-refractivity contribution is 6.31. The topological polar surface area (TPSA) is 92.3 Å². The van der Waals surface area contributed by atoms with Gasteiger partial charge in [-0.1, -0.05) is 24.2 Å². The van der Waals surface area contributed by atoms with Crippen LogP contribution in [-0.2, 0) is 4.79 Å². The summed E-state index contributed by atoms with van der Waals surface area (Å²) in [6, 6.07) is 6.39. The van der Waals surface area contributed by atoms with E-state index in [0.29, 0.717) is 41.5 Å². The van der Waals surface area contributed by atoms with Gasteiger partial charge in [-0.15, -0.1) is 0 Å². The van der Waals surface area contributed by atoms with Crippen molar-refractivity contribution in [3.05, 3.63) is 54.1 Å². The molecule has 0 atom stereocenters. The number of ether oxygens (including phenoxy) is 1. The van der Waals surface area contributed by atoms with Crippen LogP contribution < -0.4 is 20.3 Å². The molecule has 0 radical (unpaired) electrons. The minimum atomic E-state index is -0.580. The highest BCUT2D eigenvalue weighted by Gasteiger charge is 2.31. The van der Waals surface area contributed by atoms with Gasteiger partial charge in [0.2, 0.25) is 5.91 Å². The van der Waals surface area contributed by atoms with E-state index in [9.17, 15) is 9.18 Å². The molecule has 0 unspecified atom stereocenters. The van der Waals surface area contributed by atoms with Gasteiger partial charge in [-0.3, -0.25) is 4.79 Å². The molecule has 1 aliphatic heterocycles. The van der Waals surface area contributed by atoms with Gasteiger partial charge in [-0.05, 0) is 18.2 Å². The lowest BCUT2D eigenvalue weighted by Gasteiger charge is -2.40. The minimum absolute atomic E-state index is 0.00173. The zero-order chi connectivity index (χ0) is 21.3. The largest absolute Gasteiger partial charge is 0.493 e. The fraction of sp³-hybridized carbons (Fsp3) is 0.200. The van der Waals surface area contributed by atoms with Crippen LogP contribution in [0.15, 0.2) is 43.2 Å². The zero-order valence-corrected chi connectivity index (χ0v) is 16.8. The molecule has 3 heterocycles. The van der Waals surface area contributed by atoms with Gasteiger partial charge in [0, 0.05) is 19.2 Å². The maximum Gasteiger partial charge on any atom is 0.243 e. The van der Waals surface area contributed by atoms with Crippen LogP contribution in [0.2, 0.25) is 5.02 Å². The van der Waals surface area contributed by atoms with Crippen molar-refractivity contribution in [1.82, 2.24) is 20.3 Å². The van der Waals surface area contributed by atoms with Crippen molar-refractivity contribution >= 4 is 45.9 Å². The second-order valence-corrected chi connectivity index (χ2v) is 7.05. The summed E-state index contributed by atoms with van der Waals surface area (Å²) in [5.41, 5.74) is 1.16. The molecular weight excluding hydrogens is 411 g/mol. The van der Waals surface area contributed by atoms with Gasteiger partial charge in [0.15, 0.2) is 23.2 Å². The number of anilines is 3. The number of nitrogens with one attached hydrogen (secondary N) is 2. The number of pyridine rings is 1. The minimum Gasteiger partial charge on any atom is -0.493 e. The van der Waals surface area contributed by atoms with Gasteiger partial charge in [-0.25, -0.2) is 19.3 Å². The van der Waals surface area contributed by atoms with Crippen molar-refractivity contribution in [2.75, 3.05) is 30.4 Å². The molecule has 1 aromatic carbocycles. The SMILES string of the molecule is C=CC(=O)NC1CN(c2nc3c(Nc4cccc(Cl)c4F)ncnc3cc2OC)C1. The third kappa shape index (κ3) is 3.71. The van der Waals surface area contributed by atoms with E-state index in [1.807, 2.05) is 4.90 Å². The molecule has 0 aliphatic carbocycles. The van der Waals surface area contributed by atoms with Gasteiger partial charge in [-0.2, -0.15) is 0 Å². The summed E-state index contributed by atoms with van der Waals surface area (Å²) in [6.07, 6.45) is 2.60. The molecule has 1 amide bonds. The molecule has 0 spiro atoms. The van der Waals surface area contributed by atoms with Crippen LogP contribution >= 0.6 is 11.6 Å². The van der Waals surface area contributed by atoms with E-state index in [-0.39, 0.29) is 22.7 Å². The Balaban J connectivity index is 1.67. The summed E-state index contributed by atoms with van der Waals surface area (Å²) >= 11 is 5.87. The normalized spacial score (nSPS) is 13.6. The highest BCUT2D eigenvalue weighted by atomic mass is 35.5. The molecule has 2 N–H and O–H groups in total. The Labute approximate surface area is 176 Å². The smallest absolute Gasteiger partial charge is 0.243 e. The first-order valence-electron chi connectivity index (χ1n) is 9.08. The number of methoxy groups -OCH3 is 1. The number of fused-ring (bicyclic) bond motifs is 1. The molecule has 1 fully saturated rings. The van der Waals surface area contributed by atoms with Gasteiger partial charge in [0.1, 0.15) is 11.8 Å². The standard InChI is InChI=1S/C20H18ClFN6O2/c1-3-16(29)25-11-8-28(9-11)20-15(30-2)7-14-18(27-20)19(24-10-23-14)26-13-6-4-5-12(21)17(13)22/h3-7,10-11H,1,8-9H2,2H3,(H,25,29)(H,23,24,26). The third-order valence-corrected chi connectivity index (χ3v) is 4.99. The van der Waals surface area contributed by atoms with Crippen LogP contribution in [0.4, 0.5) is 21.7 Å². The Kier molecular flexibility index (Phi) is 5.37. The number of amides is 1. The van der Waals surface area contributed by atoms with Crippen molar-refractivity contribution < 1.29 is 13.9 Å². The first-order chi connectivity index (χ1) is 14.5. The van der Waals surface area contributed by atoms with E-state index in [2.05, 4.69) is 32.2 Å². The second-order valence-electron chi connectivity index (χ2n) is 6.65. The lowest BCUT2D eigenvalue weighted by Crippen LogP contribution is -2.59. The van der Waals surface area contributed by atoms with E-state index in [1.165, 1.54) is 18.5 Å². The van der Waals surface area contributed by atoms with E-state index in [0.717, 1.165) is 0 Å². The number of carbonyl (C=O) groups excluding carboxylic acids is 1. The average Bonchev–Trinajstić information content (AvgIpc) is 2.72. The quantitative estimate of drug-likeness (QED) is 0.583. The van der Waals surface area contributed by atoms with Crippen molar-refractivity contribution in [3.63, 3.8) is 0 Å². The fourth-order valence-corrected chi connectivity index (χ4v) is 3.33. The average molecular weight is 429 g/mol.